The zero-order valence-electron chi connectivity index (χ0n) is 21.0. The van der Waals surface area contributed by atoms with Crippen LogP contribution >= 0.6 is 0 Å². The summed E-state index contributed by atoms with van der Waals surface area (Å²) in [7, 11) is 0. The molecule has 0 aliphatic carbocycles. The van der Waals surface area contributed by atoms with E-state index in [9.17, 15) is 27.6 Å². The van der Waals surface area contributed by atoms with Crippen LogP contribution in [0, 0.1) is 0 Å². The van der Waals surface area contributed by atoms with Gasteiger partial charge < -0.3 is 9.64 Å². The van der Waals surface area contributed by atoms with Crippen LogP contribution in [0.4, 0.5) is 18.0 Å². The number of rotatable bonds is 7. The Morgan fingerprint density at radius 2 is 1.56 bits per heavy atom. The summed E-state index contributed by atoms with van der Waals surface area (Å²) >= 11 is 0. The van der Waals surface area contributed by atoms with Crippen LogP contribution in [0.2, 0.25) is 0 Å². The maximum atomic E-state index is 12.8. The normalized spacial score (nSPS) is 11.7. The Labute approximate surface area is 209 Å². The van der Waals surface area contributed by atoms with Gasteiger partial charge in [0, 0.05) is 24.6 Å². The monoisotopic (exact) mass is 507 g/mol. The first-order valence-corrected chi connectivity index (χ1v) is 11.5. The maximum Gasteiger partial charge on any atom is 0.416 e. The minimum atomic E-state index is -4.42. The highest BCUT2D eigenvalue weighted by molar-refractivity contribution is 5.96. The van der Waals surface area contributed by atoms with E-state index in [-0.39, 0.29) is 31.0 Å². The van der Waals surface area contributed by atoms with Gasteiger partial charge in [-0.25, -0.2) is 4.79 Å². The molecule has 2 aromatic carbocycles. The highest BCUT2D eigenvalue weighted by Crippen LogP contribution is 2.29. The van der Waals surface area contributed by atoms with E-state index >= 15 is 0 Å². The number of alkyl halides is 3. The van der Waals surface area contributed by atoms with Gasteiger partial charge in [-0.3, -0.25) is 20.4 Å². The molecular weight excluding hydrogens is 475 g/mol. The summed E-state index contributed by atoms with van der Waals surface area (Å²) in [6.45, 7) is 8.95. The van der Waals surface area contributed by atoms with Crippen molar-refractivity contribution in [3.63, 3.8) is 0 Å². The molecule has 2 aromatic rings. The Balaban J connectivity index is 1.96. The van der Waals surface area contributed by atoms with Crippen molar-refractivity contribution >= 4 is 17.9 Å². The molecule has 196 valence electrons. The van der Waals surface area contributed by atoms with Gasteiger partial charge in [0.15, 0.2) is 0 Å². The topological polar surface area (TPSA) is 87.7 Å². The summed E-state index contributed by atoms with van der Waals surface area (Å²) < 4.78 is 43.8. The molecule has 0 saturated heterocycles. The highest BCUT2D eigenvalue weighted by Gasteiger charge is 2.30. The number of carbonyl (C=O) groups is 3. The number of halogens is 3. The van der Waals surface area contributed by atoms with Crippen LogP contribution in [-0.2, 0) is 22.1 Å². The maximum absolute atomic E-state index is 12.8. The molecule has 36 heavy (non-hydrogen) atoms. The van der Waals surface area contributed by atoms with E-state index in [1.165, 1.54) is 17.0 Å². The number of hydrazine groups is 1. The first-order valence-electron chi connectivity index (χ1n) is 11.5. The second-order valence-electron chi connectivity index (χ2n) is 9.55. The number of hydrogen-bond donors (Lipinski definition) is 2. The van der Waals surface area contributed by atoms with Crippen molar-refractivity contribution in [1.82, 2.24) is 15.8 Å². The van der Waals surface area contributed by atoms with Crippen molar-refractivity contribution in [1.29, 1.82) is 0 Å². The van der Waals surface area contributed by atoms with E-state index in [2.05, 4.69) is 10.9 Å². The second kappa shape index (κ2) is 11.9. The Morgan fingerprint density at radius 3 is 2.11 bits per heavy atom. The van der Waals surface area contributed by atoms with E-state index < -0.39 is 35.2 Å². The van der Waals surface area contributed by atoms with E-state index in [0.717, 1.165) is 12.1 Å². The van der Waals surface area contributed by atoms with Crippen molar-refractivity contribution in [2.75, 3.05) is 6.54 Å². The molecule has 0 saturated carbocycles. The first kappa shape index (κ1) is 28.7. The Bertz CT molecular complexity index is 1060. The number of benzene rings is 2. The summed E-state index contributed by atoms with van der Waals surface area (Å²) in [5.41, 5.74) is 4.72. The summed E-state index contributed by atoms with van der Waals surface area (Å²) in [6.07, 6.45) is -4.79. The summed E-state index contributed by atoms with van der Waals surface area (Å²) in [5.74, 6) is -1.07. The van der Waals surface area contributed by atoms with Gasteiger partial charge in [0.2, 0.25) is 5.91 Å². The van der Waals surface area contributed by atoms with E-state index in [0.29, 0.717) is 11.1 Å². The van der Waals surface area contributed by atoms with Gasteiger partial charge in [-0.1, -0.05) is 30.3 Å². The van der Waals surface area contributed by atoms with E-state index in [4.69, 9.17) is 4.74 Å². The van der Waals surface area contributed by atoms with Gasteiger partial charge in [-0.15, -0.1) is 0 Å². The average Bonchev–Trinajstić information content (AvgIpc) is 2.76. The van der Waals surface area contributed by atoms with Crippen molar-refractivity contribution in [3.05, 3.63) is 70.8 Å². The van der Waals surface area contributed by atoms with Crippen molar-refractivity contribution in [2.24, 2.45) is 0 Å². The zero-order chi connectivity index (χ0) is 27.1. The molecule has 0 spiro atoms. The predicted molar refractivity (Wildman–Crippen MR) is 129 cm³/mol. The Morgan fingerprint density at radius 1 is 0.944 bits per heavy atom. The molecule has 0 heterocycles. The van der Waals surface area contributed by atoms with Crippen LogP contribution < -0.4 is 10.9 Å². The number of hydrogen-bond acceptors (Lipinski definition) is 4. The standard InChI is InChI=1S/C26H32F3N3O4/c1-17(2)32(24(35)36-25(3,4)5)15-14-22(33)30-31-23(34)21-9-7-6-8-19(21)16-18-10-12-20(13-11-18)26(27,28)29/h6-13,17H,14-16H2,1-5H3,(H,30,33)(H,31,34). The lowest BCUT2D eigenvalue weighted by Crippen LogP contribution is -2.45. The lowest BCUT2D eigenvalue weighted by molar-refractivity contribution is -0.137. The van der Waals surface area contributed by atoms with Gasteiger partial charge in [-0.05, 0) is 70.4 Å². The zero-order valence-corrected chi connectivity index (χ0v) is 21.0. The first-order chi connectivity index (χ1) is 16.7. The summed E-state index contributed by atoms with van der Waals surface area (Å²) in [6, 6.07) is 11.1. The fourth-order valence-electron chi connectivity index (χ4n) is 3.29. The third kappa shape index (κ3) is 8.90. The highest BCUT2D eigenvalue weighted by atomic mass is 19.4. The minimum Gasteiger partial charge on any atom is -0.444 e. The number of amides is 3. The molecule has 0 bridgehead atoms. The molecular formula is C26H32F3N3O4. The molecule has 2 rings (SSSR count). The number of nitrogens with one attached hydrogen (secondary N) is 2. The minimum absolute atomic E-state index is 0.0646. The van der Waals surface area contributed by atoms with Crippen LogP contribution in [0.3, 0.4) is 0 Å². The van der Waals surface area contributed by atoms with Gasteiger partial charge in [0.05, 0.1) is 5.56 Å². The predicted octanol–water partition coefficient (Wildman–Crippen LogP) is 5.09. The largest absolute Gasteiger partial charge is 0.444 e. The average molecular weight is 508 g/mol. The van der Waals surface area contributed by atoms with Crippen LogP contribution in [0.5, 0.6) is 0 Å². The molecule has 0 aromatic heterocycles. The van der Waals surface area contributed by atoms with Crippen LogP contribution in [0.1, 0.15) is 68.1 Å². The third-order valence-electron chi connectivity index (χ3n) is 5.08. The van der Waals surface area contributed by atoms with Crippen LogP contribution in [0.15, 0.2) is 48.5 Å². The fraction of sp³-hybridized carbons (Fsp3) is 0.423. The van der Waals surface area contributed by atoms with Crippen LogP contribution in [-0.4, -0.2) is 41.0 Å². The van der Waals surface area contributed by atoms with E-state index in [1.54, 1.807) is 58.9 Å². The molecule has 0 atom stereocenters. The van der Waals surface area contributed by atoms with Crippen molar-refractivity contribution in [3.8, 4) is 0 Å². The molecule has 0 unspecified atom stereocenters. The molecule has 0 fully saturated rings. The lowest BCUT2D eigenvalue weighted by Gasteiger charge is -2.30. The van der Waals surface area contributed by atoms with Gasteiger partial charge >= 0.3 is 12.3 Å². The summed E-state index contributed by atoms with van der Waals surface area (Å²) in [5, 5.41) is 0. The smallest absolute Gasteiger partial charge is 0.416 e. The molecule has 0 radical (unpaired) electrons. The fourth-order valence-corrected chi connectivity index (χ4v) is 3.29. The second-order valence-corrected chi connectivity index (χ2v) is 9.55. The number of ether oxygens (including phenoxy) is 1. The molecule has 0 aliphatic heterocycles. The molecule has 10 heteroatoms. The molecule has 2 N–H and O–H groups in total. The number of carbonyl (C=O) groups excluding carboxylic acids is 3. The van der Waals surface area contributed by atoms with Crippen LogP contribution in [0.25, 0.3) is 0 Å². The van der Waals surface area contributed by atoms with Crippen molar-refractivity contribution < 1.29 is 32.3 Å². The van der Waals surface area contributed by atoms with E-state index in [1.807, 2.05) is 0 Å². The van der Waals surface area contributed by atoms with Crippen molar-refractivity contribution in [2.45, 2.75) is 65.3 Å². The Hall–Kier alpha value is -3.56. The third-order valence-corrected chi connectivity index (χ3v) is 5.08. The molecule has 3 amide bonds. The lowest BCUT2D eigenvalue weighted by atomic mass is 9.98. The summed E-state index contributed by atoms with van der Waals surface area (Å²) in [4.78, 5) is 38.8. The van der Waals surface area contributed by atoms with Gasteiger partial charge in [-0.2, -0.15) is 13.2 Å². The Kier molecular flexibility index (Phi) is 9.49. The quantitative estimate of drug-likeness (QED) is 0.511. The van der Waals surface area contributed by atoms with Gasteiger partial charge in [0.1, 0.15) is 5.60 Å². The number of nitrogens with zero attached hydrogens (tertiary/aromatic N) is 1. The molecule has 7 nitrogen and oxygen atoms in total. The molecule has 0 aliphatic rings. The van der Waals surface area contributed by atoms with Gasteiger partial charge in [0.25, 0.3) is 5.91 Å². The SMILES string of the molecule is CC(C)N(CCC(=O)NNC(=O)c1ccccc1Cc1ccc(C(F)(F)F)cc1)C(=O)OC(C)(C)C.